The van der Waals surface area contributed by atoms with E-state index in [2.05, 4.69) is 10.6 Å². The van der Waals surface area contributed by atoms with Crippen molar-refractivity contribution in [1.29, 1.82) is 0 Å². The third-order valence-electron chi connectivity index (χ3n) is 2.83. The van der Waals surface area contributed by atoms with E-state index in [0.717, 1.165) is 25.9 Å². The van der Waals surface area contributed by atoms with Crippen LogP contribution in [0.15, 0.2) is 18.2 Å². The zero-order chi connectivity index (χ0) is 12.3. The molecule has 100 valence electrons. The van der Waals surface area contributed by atoms with Crippen molar-refractivity contribution in [1.82, 2.24) is 10.6 Å². The molecule has 0 radical (unpaired) electrons. The lowest BCUT2D eigenvalue weighted by Crippen LogP contribution is -2.45. The van der Waals surface area contributed by atoms with E-state index in [9.17, 15) is 4.79 Å². The van der Waals surface area contributed by atoms with Crippen LogP contribution in [0.1, 0.15) is 23.2 Å². The average Bonchev–Trinajstić information content (AvgIpc) is 2.34. The molecule has 2 rings (SSSR count). The number of hydrogen-bond acceptors (Lipinski definition) is 2. The minimum absolute atomic E-state index is 0. The Morgan fingerprint density at radius 2 is 2.17 bits per heavy atom. The molecule has 18 heavy (non-hydrogen) atoms. The van der Waals surface area contributed by atoms with E-state index in [0.29, 0.717) is 15.6 Å². The monoisotopic (exact) mass is 308 g/mol. The summed E-state index contributed by atoms with van der Waals surface area (Å²) in [6.45, 7) is 1.83. The third kappa shape index (κ3) is 3.75. The first-order chi connectivity index (χ1) is 8.18. The topological polar surface area (TPSA) is 41.1 Å². The molecule has 1 saturated heterocycles. The van der Waals surface area contributed by atoms with E-state index in [4.69, 9.17) is 23.2 Å². The lowest BCUT2D eigenvalue weighted by atomic mass is 10.1. The number of nitrogens with one attached hydrogen (secondary N) is 2. The number of rotatable bonds is 2. The largest absolute Gasteiger partial charge is 0.348 e. The summed E-state index contributed by atoms with van der Waals surface area (Å²) in [6, 6.07) is 5.25. The van der Waals surface area contributed by atoms with Gasteiger partial charge in [0, 0.05) is 12.6 Å². The van der Waals surface area contributed by atoms with Crippen LogP contribution in [0.3, 0.4) is 0 Å². The molecule has 0 unspecified atom stereocenters. The molecule has 2 N–H and O–H groups in total. The van der Waals surface area contributed by atoms with Crippen LogP contribution in [0.5, 0.6) is 0 Å². The Hall–Kier alpha value is -0.480. The Labute approximate surface area is 123 Å². The smallest absolute Gasteiger partial charge is 0.253 e. The van der Waals surface area contributed by atoms with Crippen LogP contribution in [0, 0.1) is 0 Å². The lowest BCUT2D eigenvalue weighted by Gasteiger charge is -2.24. The lowest BCUT2D eigenvalue weighted by molar-refractivity contribution is 0.0931. The summed E-state index contributed by atoms with van der Waals surface area (Å²) in [5.41, 5.74) is 0.435. The number of carbonyl (C=O) groups excluding carboxylic acids is 1. The quantitative estimate of drug-likeness (QED) is 0.882. The minimum Gasteiger partial charge on any atom is -0.348 e. The fourth-order valence-electron chi connectivity index (χ4n) is 1.92. The maximum absolute atomic E-state index is 12.0. The van der Waals surface area contributed by atoms with Crippen LogP contribution >= 0.6 is 35.6 Å². The zero-order valence-corrected chi connectivity index (χ0v) is 12.0. The summed E-state index contributed by atoms with van der Waals surface area (Å²) in [7, 11) is 0. The van der Waals surface area contributed by atoms with Gasteiger partial charge in [-0.05, 0) is 31.5 Å². The highest BCUT2D eigenvalue weighted by atomic mass is 35.5. The Morgan fingerprint density at radius 1 is 1.39 bits per heavy atom. The molecule has 6 heteroatoms. The van der Waals surface area contributed by atoms with E-state index in [1.165, 1.54) is 0 Å². The fourth-order valence-corrected chi connectivity index (χ4v) is 2.30. The molecule has 1 aromatic carbocycles. The van der Waals surface area contributed by atoms with E-state index in [1.54, 1.807) is 18.2 Å². The minimum atomic E-state index is -0.161. The standard InChI is InChI=1S/C12H14Cl2N2O.ClH/c13-10-5-1-4-9(11(10)14)12(17)16-8-3-2-6-15-7-8;/h1,4-5,8,15H,2-3,6-7H2,(H,16,17);1H/t8-;/m1./s1. The van der Waals surface area contributed by atoms with Crippen LogP contribution < -0.4 is 10.6 Å². The second kappa shape index (κ2) is 7.19. The van der Waals surface area contributed by atoms with Crippen LogP contribution in [0.25, 0.3) is 0 Å². The maximum atomic E-state index is 12.0. The first kappa shape index (κ1) is 15.6. The fraction of sp³-hybridized carbons (Fsp3) is 0.417. The molecule has 1 heterocycles. The predicted octanol–water partition coefficient (Wildman–Crippen LogP) is 2.90. The second-order valence-corrected chi connectivity index (χ2v) is 4.90. The molecule has 1 amide bonds. The highest BCUT2D eigenvalue weighted by Gasteiger charge is 2.18. The van der Waals surface area contributed by atoms with Gasteiger partial charge in [0.2, 0.25) is 0 Å². The molecule has 0 bridgehead atoms. The van der Waals surface area contributed by atoms with Gasteiger partial charge in [-0.3, -0.25) is 4.79 Å². The summed E-state index contributed by atoms with van der Waals surface area (Å²) in [4.78, 5) is 12.0. The van der Waals surface area contributed by atoms with E-state index >= 15 is 0 Å². The predicted molar refractivity (Wildman–Crippen MR) is 77.1 cm³/mol. The molecule has 1 fully saturated rings. The van der Waals surface area contributed by atoms with Crippen LogP contribution in [-0.4, -0.2) is 25.0 Å². The van der Waals surface area contributed by atoms with Gasteiger partial charge in [0.1, 0.15) is 0 Å². The van der Waals surface area contributed by atoms with Gasteiger partial charge in [0.25, 0.3) is 5.91 Å². The highest BCUT2D eigenvalue weighted by molar-refractivity contribution is 6.43. The van der Waals surface area contributed by atoms with Crippen LogP contribution in [-0.2, 0) is 0 Å². The molecule has 0 aromatic heterocycles. The van der Waals surface area contributed by atoms with Gasteiger partial charge < -0.3 is 10.6 Å². The van der Waals surface area contributed by atoms with Crippen LogP contribution in [0.2, 0.25) is 10.0 Å². The van der Waals surface area contributed by atoms with Crippen molar-refractivity contribution < 1.29 is 4.79 Å². The summed E-state index contributed by atoms with van der Waals surface area (Å²) in [6.07, 6.45) is 2.07. The number of piperidine rings is 1. The molecule has 1 aliphatic rings. The maximum Gasteiger partial charge on any atom is 0.253 e. The molecule has 0 saturated carbocycles. The van der Waals surface area contributed by atoms with Crippen molar-refractivity contribution >= 4 is 41.5 Å². The zero-order valence-electron chi connectivity index (χ0n) is 9.71. The number of amides is 1. The van der Waals surface area contributed by atoms with Gasteiger partial charge in [0.05, 0.1) is 15.6 Å². The van der Waals surface area contributed by atoms with E-state index in [-0.39, 0.29) is 24.4 Å². The summed E-state index contributed by atoms with van der Waals surface area (Å²) < 4.78 is 0. The highest BCUT2D eigenvalue weighted by Crippen LogP contribution is 2.25. The summed E-state index contributed by atoms with van der Waals surface area (Å²) in [5, 5.41) is 6.92. The summed E-state index contributed by atoms with van der Waals surface area (Å²) >= 11 is 11.9. The first-order valence-electron chi connectivity index (χ1n) is 5.64. The molecule has 0 aliphatic carbocycles. The van der Waals surface area contributed by atoms with Gasteiger partial charge in [-0.1, -0.05) is 29.3 Å². The van der Waals surface area contributed by atoms with E-state index in [1.807, 2.05) is 0 Å². The van der Waals surface area contributed by atoms with Gasteiger partial charge in [0.15, 0.2) is 0 Å². The Balaban J connectivity index is 0.00000162. The van der Waals surface area contributed by atoms with Crippen molar-refractivity contribution in [2.24, 2.45) is 0 Å². The molecule has 1 aliphatic heterocycles. The van der Waals surface area contributed by atoms with Gasteiger partial charge in [-0.25, -0.2) is 0 Å². The molecule has 0 spiro atoms. The Kier molecular flexibility index (Phi) is 6.22. The normalized spacial score (nSPS) is 18.9. The molecule has 1 atom stereocenters. The van der Waals surface area contributed by atoms with Crippen molar-refractivity contribution in [2.75, 3.05) is 13.1 Å². The Morgan fingerprint density at radius 3 is 2.83 bits per heavy atom. The SMILES string of the molecule is Cl.O=C(N[C@@H]1CCCNC1)c1cccc(Cl)c1Cl. The molecular weight excluding hydrogens is 295 g/mol. The number of hydrogen-bond donors (Lipinski definition) is 2. The van der Waals surface area contributed by atoms with Crippen molar-refractivity contribution in [3.8, 4) is 0 Å². The van der Waals surface area contributed by atoms with Gasteiger partial charge in [-0.2, -0.15) is 0 Å². The van der Waals surface area contributed by atoms with Gasteiger partial charge in [-0.15, -0.1) is 12.4 Å². The van der Waals surface area contributed by atoms with E-state index < -0.39 is 0 Å². The average molecular weight is 310 g/mol. The third-order valence-corrected chi connectivity index (χ3v) is 3.65. The van der Waals surface area contributed by atoms with Gasteiger partial charge >= 0.3 is 0 Å². The van der Waals surface area contributed by atoms with Crippen LogP contribution in [0.4, 0.5) is 0 Å². The van der Waals surface area contributed by atoms with Crippen molar-refractivity contribution in [2.45, 2.75) is 18.9 Å². The number of benzene rings is 1. The molecular formula is C12H15Cl3N2O. The van der Waals surface area contributed by atoms with Crippen molar-refractivity contribution in [3.63, 3.8) is 0 Å². The first-order valence-corrected chi connectivity index (χ1v) is 6.39. The Bertz CT molecular complexity index is 420. The summed E-state index contributed by atoms with van der Waals surface area (Å²) in [5.74, 6) is -0.161. The molecule has 3 nitrogen and oxygen atoms in total. The number of carbonyl (C=O) groups is 1. The van der Waals surface area contributed by atoms with Crippen molar-refractivity contribution in [3.05, 3.63) is 33.8 Å². The second-order valence-electron chi connectivity index (χ2n) is 4.12. The molecule has 1 aromatic rings. The number of halogens is 3.